The van der Waals surface area contributed by atoms with E-state index in [9.17, 15) is 8.60 Å². The SMILES string of the molecule is C=Nc1cc(OC)c(F)cc1/C(=C\C)N1CCC2(CC1)CCN(S(=N)(=O)C1CC1)C2. The normalized spacial score (nSPS) is 24.1. The molecule has 1 unspecified atom stereocenters. The topological polar surface area (TPSA) is 69.0 Å². The van der Waals surface area contributed by atoms with Gasteiger partial charge in [-0.3, -0.25) is 4.99 Å². The van der Waals surface area contributed by atoms with Crippen molar-refractivity contribution in [3.05, 3.63) is 29.6 Å². The van der Waals surface area contributed by atoms with Crippen molar-refractivity contribution in [3.63, 3.8) is 0 Å². The number of nitrogens with one attached hydrogen (secondary N) is 1. The first-order valence-electron chi connectivity index (χ1n) is 10.6. The standard InChI is InChI=1S/C22H31FN4O2S/c1-4-20(17-13-18(23)21(29-3)14-19(17)25-2)26-10-7-22(8-11-26)9-12-27(15-22)30(24,28)16-5-6-16/h4,13-14,16,24H,2,5-12,15H2,1,3H3/b20-4+. The zero-order valence-corrected chi connectivity index (χ0v) is 18.6. The highest BCUT2D eigenvalue weighted by Crippen LogP contribution is 2.45. The Balaban J connectivity index is 1.49. The van der Waals surface area contributed by atoms with E-state index in [-0.39, 0.29) is 16.4 Å². The van der Waals surface area contributed by atoms with Crippen LogP contribution in [0.4, 0.5) is 10.1 Å². The van der Waals surface area contributed by atoms with E-state index in [0.717, 1.165) is 69.5 Å². The molecule has 1 atom stereocenters. The molecule has 1 spiro atoms. The lowest BCUT2D eigenvalue weighted by Gasteiger charge is -2.41. The number of ether oxygens (including phenoxy) is 1. The smallest absolute Gasteiger partial charge is 0.165 e. The lowest BCUT2D eigenvalue weighted by atomic mass is 9.77. The van der Waals surface area contributed by atoms with Gasteiger partial charge in [0, 0.05) is 43.5 Å². The molecule has 4 rings (SSSR count). The second kappa shape index (κ2) is 7.96. The third kappa shape index (κ3) is 3.75. The molecule has 1 aliphatic carbocycles. The maximum absolute atomic E-state index is 14.4. The first-order valence-corrected chi connectivity index (χ1v) is 12.2. The van der Waals surface area contributed by atoms with Crippen LogP contribution in [0.1, 0.15) is 44.6 Å². The summed E-state index contributed by atoms with van der Waals surface area (Å²) in [4.78, 5) is 6.37. The summed E-state index contributed by atoms with van der Waals surface area (Å²) >= 11 is 0. The summed E-state index contributed by atoms with van der Waals surface area (Å²) in [6, 6.07) is 3.06. The predicted octanol–water partition coefficient (Wildman–Crippen LogP) is 4.44. The molecule has 3 fully saturated rings. The predicted molar refractivity (Wildman–Crippen MR) is 119 cm³/mol. The molecule has 3 aliphatic rings. The van der Waals surface area contributed by atoms with Gasteiger partial charge in [-0.1, -0.05) is 6.08 Å². The van der Waals surface area contributed by atoms with E-state index < -0.39 is 15.7 Å². The van der Waals surface area contributed by atoms with Gasteiger partial charge in [0.2, 0.25) is 0 Å². The highest BCUT2D eigenvalue weighted by atomic mass is 32.2. The number of benzene rings is 1. The molecule has 1 aromatic carbocycles. The van der Waals surface area contributed by atoms with Crippen molar-refractivity contribution < 1.29 is 13.3 Å². The van der Waals surface area contributed by atoms with Gasteiger partial charge < -0.3 is 9.64 Å². The highest BCUT2D eigenvalue weighted by Gasteiger charge is 2.46. The number of methoxy groups -OCH3 is 1. The van der Waals surface area contributed by atoms with Crippen LogP contribution in [0, 0.1) is 16.0 Å². The van der Waals surface area contributed by atoms with Gasteiger partial charge in [0.1, 0.15) is 9.92 Å². The Kier molecular flexibility index (Phi) is 5.66. The van der Waals surface area contributed by atoms with E-state index in [1.54, 1.807) is 6.07 Å². The summed E-state index contributed by atoms with van der Waals surface area (Å²) in [6.45, 7) is 8.83. The molecular weight excluding hydrogens is 403 g/mol. The molecule has 1 saturated carbocycles. The molecular formula is C22H31FN4O2S. The van der Waals surface area contributed by atoms with Gasteiger partial charge in [0.25, 0.3) is 0 Å². The summed E-state index contributed by atoms with van der Waals surface area (Å²) in [5.74, 6) is -0.251. The number of nitrogens with zero attached hydrogens (tertiary/aromatic N) is 3. The molecule has 6 nitrogen and oxygen atoms in total. The van der Waals surface area contributed by atoms with Crippen LogP contribution in [0.25, 0.3) is 5.70 Å². The minimum atomic E-state index is -2.60. The fraction of sp³-hybridized carbons (Fsp3) is 0.591. The van der Waals surface area contributed by atoms with Crippen LogP contribution in [0.2, 0.25) is 0 Å². The van der Waals surface area contributed by atoms with Crippen LogP contribution in [0.15, 0.2) is 23.2 Å². The molecule has 1 N–H and O–H groups in total. The summed E-state index contributed by atoms with van der Waals surface area (Å²) in [7, 11) is -1.16. The Morgan fingerprint density at radius 1 is 1.33 bits per heavy atom. The van der Waals surface area contributed by atoms with E-state index in [1.807, 2.05) is 17.3 Å². The second-order valence-electron chi connectivity index (χ2n) is 8.70. The van der Waals surface area contributed by atoms with Crippen molar-refractivity contribution >= 4 is 28.0 Å². The minimum absolute atomic E-state index is 0.0807. The van der Waals surface area contributed by atoms with Crippen LogP contribution >= 0.6 is 0 Å². The quantitative estimate of drug-likeness (QED) is 0.673. The average Bonchev–Trinajstić information content (AvgIpc) is 3.53. The number of allylic oxidation sites excluding steroid dienone is 1. The Labute approximate surface area is 178 Å². The van der Waals surface area contributed by atoms with E-state index in [4.69, 9.17) is 9.52 Å². The fourth-order valence-corrected chi connectivity index (χ4v) is 6.92. The molecule has 2 heterocycles. The molecule has 2 saturated heterocycles. The largest absolute Gasteiger partial charge is 0.494 e. The molecule has 164 valence electrons. The monoisotopic (exact) mass is 434 g/mol. The van der Waals surface area contributed by atoms with E-state index in [1.165, 1.54) is 13.2 Å². The summed E-state index contributed by atoms with van der Waals surface area (Å²) < 4.78 is 42.7. The number of hydrogen-bond acceptors (Lipinski definition) is 5. The van der Waals surface area contributed by atoms with Gasteiger partial charge in [-0.2, -0.15) is 0 Å². The van der Waals surface area contributed by atoms with Crippen molar-refractivity contribution in [2.45, 2.75) is 44.3 Å². The van der Waals surface area contributed by atoms with Gasteiger partial charge in [-0.15, -0.1) is 0 Å². The van der Waals surface area contributed by atoms with E-state index in [0.29, 0.717) is 5.69 Å². The van der Waals surface area contributed by atoms with Gasteiger partial charge >= 0.3 is 0 Å². The molecule has 0 radical (unpaired) electrons. The lowest BCUT2D eigenvalue weighted by Crippen LogP contribution is -2.41. The molecule has 0 amide bonds. The van der Waals surface area contributed by atoms with Crippen molar-refractivity contribution in [2.24, 2.45) is 10.4 Å². The third-order valence-electron chi connectivity index (χ3n) is 6.92. The second-order valence-corrected chi connectivity index (χ2v) is 11.0. The zero-order valence-electron chi connectivity index (χ0n) is 17.8. The number of rotatable bonds is 6. The van der Waals surface area contributed by atoms with Gasteiger partial charge in [0.15, 0.2) is 11.6 Å². The molecule has 1 aromatic rings. The summed E-state index contributed by atoms with van der Waals surface area (Å²) in [5, 5.41) is 0.0807. The fourth-order valence-electron chi connectivity index (χ4n) is 4.90. The van der Waals surface area contributed by atoms with Crippen molar-refractivity contribution in [1.82, 2.24) is 9.21 Å². The number of halogens is 1. The Bertz CT molecular complexity index is 964. The summed E-state index contributed by atoms with van der Waals surface area (Å²) in [5.41, 5.74) is 2.41. The van der Waals surface area contributed by atoms with Crippen LogP contribution in [-0.4, -0.2) is 58.7 Å². The number of aliphatic imine (C=N–C) groups is 1. The zero-order chi connectivity index (χ0) is 21.5. The number of likely N-dealkylation sites (tertiary alicyclic amines) is 1. The molecule has 8 heteroatoms. The highest BCUT2D eigenvalue weighted by molar-refractivity contribution is 7.91. The van der Waals surface area contributed by atoms with Crippen molar-refractivity contribution in [1.29, 1.82) is 4.78 Å². The van der Waals surface area contributed by atoms with Gasteiger partial charge in [0.05, 0.1) is 18.0 Å². The maximum Gasteiger partial charge on any atom is 0.165 e. The van der Waals surface area contributed by atoms with Crippen LogP contribution in [-0.2, 0) is 9.92 Å². The molecule has 0 aromatic heterocycles. The van der Waals surface area contributed by atoms with Crippen molar-refractivity contribution in [3.8, 4) is 5.75 Å². The Morgan fingerprint density at radius 2 is 2.00 bits per heavy atom. The van der Waals surface area contributed by atoms with Gasteiger partial charge in [-0.05, 0) is 57.2 Å². The summed E-state index contributed by atoms with van der Waals surface area (Å²) in [6.07, 6.45) is 6.83. The molecule has 0 bridgehead atoms. The first kappa shape index (κ1) is 21.3. The average molecular weight is 435 g/mol. The van der Waals surface area contributed by atoms with Crippen LogP contribution in [0.3, 0.4) is 0 Å². The maximum atomic E-state index is 14.4. The van der Waals surface area contributed by atoms with E-state index >= 15 is 0 Å². The lowest BCUT2D eigenvalue weighted by molar-refractivity contribution is 0.155. The first-order chi connectivity index (χ1) is 14.3. The van der Waals surface area contributed by atoms with Crippen LogP contribution in [0.5, 0.6) is 5.75 Å². The number of hydrogen-bond donors (Lipinski definition) is 1. The van der Waals surface area contributed by atoms with E-state index in [2.05, 4.69) is 16.6 Å². The number of piperidine rings is 1. The van der Waals surface area contributed by atoms with Gasteiger partial charge in [-0.25, -0.2) is 17.7 Å². The minimum Gasteiger partial charge on any atom is -0.494 e. The van der Waals surface area contributed by atoms with Crippen LogP contribution < -0.4 is 4.74 Å². The van der Waals surface area contributed by atoms with Crippen molar-refractivity contribution in [2.75, 3.05) is 33.3 Å². The molecule has 2 aliphatic heterocycles. The molecule has 30 heavy (non-hydrogen) atoms. The Morgan fingerprint density at radius 3 is 2.57 bits per heavy atom. The Hall–Kier alpha value is -1.93. The third-order valence-corrected chi connectivity index (χ3v) is 9.37.